The van der Waals surface area contributed by atoms with Gasteiger partial charge in [-0.3, -0.25) is 4.68 Å². The van der Waals surface area contributed by atoms with E-state index >= 15 is 0 Å². The summed E-state index contributed by atoms with van der Waals surface area (Å²) in [6.45, 7) is 2.88. The number of carbonyl (C=O) groups is 1. The summed E-state index contributed by atoms with van der Waals surface area (Å²) in [4.78, 5) is 10.9. The predicted octanol–water partition coefficient (Wildman–Crippen LogP) is 3.07. The second-order valence-electron chi connectivity index (χ2n) is 5.59. The average Bonchev–Trinajstić information content (AvgIpc) is 2.86. The van der Waals surface area contributed by atoms with E-state index in [9.17, 15) is 4.79 Å². The summed E-state index contributed by atoms with van der Waals surface area (Å²) >= 11 is 0. The largest absolute Gasteiger partial charge is 0.478 e. The molecule has 0 spiro atoms. The molecule has 0 saturated heterocycles. The third-order valence-corrected chi connectivity index (χ3v) is 4.21. The van der Waals surface area contributed by atoms with Crippen LogP contribution in [0, 0.1) is 0 Å². The SMILES string of the molecule is CCc1nn(Cc2ccc(C(=O)O)cc2)c2c1CCCC2. The zero-order valence-corrected chi connectivity index (χ0v) is 12.3. The topological polar surface area (TPSA) is 55.1 Å². The number of fused-ring (bicyclic) bond motifs is 1. The Bertz CT molecular complexity index is 656. The lowest BCUT2D eigenvalue weighted by Gasteiger charge is -2.14. The highest BCUT2D eigenvalue weighted by Crippen LogP contribution is 2.25. The van der Waals surface area contributed by atoms with Crippen LogP contribution in [0.4, 0.5) is 0 Å². The molecule has 0 aliphatic heterocycles. The van der Waals surface area contributed by atoms with E-state index in [1.54, 1.807) is 12.1 Å². The molecule has 0 atom stereocenters. The molecule has 4 nitrogen and oxygen atoms in total. The van der Waals surface area contributed by atoms with Crippen molar-refractivity contribution in [3.8, 4) is 0 Å². The van der Waals surface area contributed by atoms with Gasteiger partial charge in [0.1, 0.15) is 0 Å². The fourth-order valence-electron chi connectivity index (χ4n) is 3.09. The first-order valence-corrected chi connectivity index (χ1v) is 7.58. The Kier molecular flexibility index (Phi) is 3.78. The molecule has 0 bridgehead atoms. The van der Waals surface area contributed by atoms with Crippen LogP contribution in [0.1, 0.15) is 52.6 Å². The first kappa shape index (κ1) is 13.9. The average molecular weight is 284 g/mol. The van der Waals surface area contributed by atoms with E-state index < -0.39 is 5.97 Å². The molecule has 1 aromatic heterocycles. The Morgan fingerprint density at radius 3 is 2.62 bits per heavy atom. The Hall–Kier alpha value is -2.10. The van der Waals surface area contributed by atoms with Crippen molar-refractivity contribution in [2.24, 2.45) is 0 Å². The van der Waals surface area contributed by atoms with Gasteiger partial charge in [-0.25, -0.2) is 4.79 Å². The Labute approximate surface area is 124 Å². The molecule has 2 aromatic rings. The first-order chi connectivity index (χ1) is 10.2. The van der Waals surface area contributed by atoms with Crippen LogP contribution in [0.3, 0.4) is 0 Å². The first-order valence-electron chi connectivity index (χ1n) is 7.58. The number of benzene rings is 1. The zero-order valence-electron chi connectivity index (χ0n) is 12.3. The van der Waals surface area contributed by atoms with Gasteiger partial charge >= 0.3 is 5.97 Å². The molecular weight excluding hydrogens is 264 g/mol. The van der Waals surface area contributed by atoms with E-state index in [0.29, 0.717) is 5.56 Å². The summed E-state index contributed by atoms with van der Waals surface area (Å²) in [7, 11) is 0. The van der Waals surface area contributed by atoms with Crippen LogP contribution >= 0.6 is 0 Å². The maximum atomic E-state index is 10.9. The third kappa shape index (κ3) is 2.71. The van der Waals surface area contributed by atoms with Crippen molar-refractivity contribution in [3.05, 3.63) is 52.3 Å². The molecule has 21 heavy (non-hydrogen) atoms. The number of carboxylic acid groups (broad SMARTS) is 1. The lowest BCUT2D eigenvalue weighted by atomic mass is 9.95. The van der Waals surface area contributed by atoms with Crippen LogP contribution < -0.4 is 0 Å². The number of hydrogen-bond donors (Lipinski definition) is 1. The number of carboxylic acids is 1. The standard InChI is InChI=1S/C17H20N2O2/c1-2-15-14-5-3-4-6-16(14)19(18-15)11-12-7-9-13(10-8-12)17(20)21/h7-10H,2-6,11H2,1H3,(H,20,21). The van der Waals surface area contributed by atoms with E-state index in [0.717, 1.165) is 31.4 Å². The molecular formula is C17H20N2O2. The van der Waals surface area contributed by atoms with Crippen LogP contribution in [0.15, 0.2) is 24.3 Å². The van der Waals surface area contributed by atoms with Crippen LogP contribution in [0.5, 0.6) is 0 Å². The van der Waals surface area contributed by atoms with Crippen molar-refractivity contribution >= 4 is 5.97 Å². The molecule has 0 fully saturated rings. The summed E-state index contributed by atoms with van der Waals surface area (Å²) in [5.41, 5.74) is 5.48. The predicted molar refractivity (Wildman–Crippen MR) is 80.8 cm³/mol. The van der Waals surface area contributed by atoms with Gasteiger partial charge in [-0.2, -0.15) is 5.10 Å². The minimum Gasteiger partial charge on any atom is -0.478 e. The molecule has 1 aromatic carbocycles. The normalized spacial score (nSPS) is 14.0. The number of aromatic nitrogens is 2. The lowest BCUT2D eigenvalue weighted by molar-refractivity contribution is 0.0697. The zero-order chi connectivity index (χ0) is 14.8. The van der Waals surface area contributed by atoms with Crippen molar-refractivity contribution in [1.82, 2.24) is 9.78 Å². The second-order valence-corrected chi connectivity index (χ2v) is 5.59. The molecule has 0 unspecified atom stereocenters. The Morgan fingerprint density at radius 1 is 1.24 bits per heavy atom. The van der Waals surface area contributed by atoms with Gasteiger partial charge in [0.25, 0.3) is 0 Å². The van der Waals surface area contributed by atoms with Gasteiger partial charge in [0.15, 0.2) is 0 Å². The van der Waals surface area contributed by atoms with E-state index in [1.807, 2.05) is 12.1 Å². The quantitative estimate of drug-likeness (QED) is 0.938. The molecule has 110 valence electrons. The Morgan fingerprint density at radius 2 is 1.95 bits per heavy atom. The fourth-order valence-corrected chi connectivity index (χ4v) is 3.09. The van der Waals surface area contributed by atoms with Crippen LogP contribution in [0.2, 0.25) is 0 Å². The molecule has 1 aliphatic carbocycles. The van der Waals surface area contributed by atoms with Gasteiger partial charge in [0.2, 0.25) is 0 Å². The van der Waals surface area contributed by atoms with Crippen LogP contribution in [-0.4, -0.2) is 20.9 Å². The molecule has 4 heteroatoms. The molecule has 1 aliphatic rings. The summed E-state index contributed by atoms with van der Waals surface area (Å²) in [5.74, 6) is -0.883. The number of rotatable bonds is 4. The van der Waals surface area contributed by atoms with Crippen molar-refractivity contribution in [1.29, 1.82) is 0 Å². The van der Waals surface area contributed by atoms with Crippen molar-refractivity contribution < 1.29 is 9.90 Å². The lowest BCUT2D eigenvalue weighted by Crippen LogP contribution is -2.10. The summed E-state index contributed by atoms with van der Waals surface area (Å²) < 4.78 is 2.11. The van der Waals surface area contributed by atoms with E-state index in [-0.39, 0.29) is 0 Å². The minimum absolute atomic E-state index is 0.329. The number of nitrogens with zero attached hydrogens (tertiary/aromatic N) is 2. The van der Waals surface area contributed by atoms with Crippen molar-refractivity contribution in [3.63, 3.8) is 0 Å². The van der Waals surface area contributed by atoms with Gasteiger partial charge in [-0.15, -0.1) is 0 Å². The minimum atomic E-state index is -0.883. The summed E-state index contributed by atoms with van der Waals surface area (Å²) in [5, 5.41) is 13.7. The van der Waals surface area contributed by atoms with Crippen LogP contribution in [-0.2, 0) is 25.8 Å². The highest BCUT2D eigenvalue weighted by Gasteiger charge is 2.19. The molecule has 1 N–H and O–H groups in total. The highest BCUT2D eigenvalue weighted by molar-refractivity contribution is 5.87. The maximum absolute atomic E-state index is 10.9. The molecule has 3 rings (SSSR count). The fraction of sp³-hybridized carbons (Fsp3) is 0.412. The second kappa shape index (κ2) is 5.72. The summed E-state index contributed by atoms with van der Waals surface area (Å²) in [6, 6.07) is 7.08. The van der Waals surface area contributed by atoms with E-state index in [1.165, 1.54) is 29.8 Å². The Balaban J connectivity index is 1.87. The number of aromatic carboxylic acids is 1. The number of aryl methyl sites for hydroxylation is 1. The van der Waals surface area contributed by atoms with Gasteiger partial charge < -0.3 is 5.11 Å². The van der Waals surface area contributed by atoms with E-state index in [2.05, 4.69) is 11.6 Å². The molecule has 0 saturated carbocycles. The molecule has 0 radical (unpaired) electrons. The van der Waals surface area contributed by atoms with Crippen molar-refractivity contribution in [2.75, 3.05) is 0 Å². The van der Waals surface area contributed by atoms with Gasteiger partial charge in [-0.05, 0) is 55.4 Å². The highest BCUT2D eigenvalue weighted by atomic mass is 16.4. The van der Waals surface area contributed by atoms with Gasteiger partial charge in [-0.1, -0.05) is 19.1 Å². The maximum Gasteiger partial charge on any atom is 0.335 e. The monoisotopic (exact) mass is 284 g/mol. The number of hydrogen-bond acceptors (Lipinski definition) is 2. The van der Waals surface area contributed by atoms with Gasteiger partial charge in [0.05, 0.1) is 17.8 Å². The van der Waals surface area contributed by atoms with E-state index in [4.69, 9.17) is 10.2 Å². The smallest absolute Gasteiger partial charge is 0.335 e. The molecule has 1 heterocycles. The van der Waals surface area contributed by atoms with Gasteiger partial charge in [0, 0.05) is 5.69 Å². The third-order valence-electron chi connectivity index (χ3n) is 4.21. The molecule has 0 amide bonds. The van der Waals surface area contributed by atoms with Crippen LogP contribution in [0.25, 0.3) is 0 Å². The summed E-state index contributed by atoms with van der Waals surface area (Å²) in [6.07, 6.45) is 5.73. The van der Waals surface area contributed by atoms with Crippen molar-refractivity contribution in [2.45, 2.75) is 45.6 Å².